The number of nitrogens with zero attached hydrogens (tertiary/aromatic N) is 4. The third kappa shape index (κ3) is 4.36. The van der Waals surface area contributed by atoms with Crippen LogP contribution in [0.1, 0.15) is 11.8 Å². The second-order valence-corrected chi connectivity index (χ2v) is 9.15. The van der Waals surface area contributed by atoms with Crippen molar-refractivity contribution in [2.75, 3.05) is 12.3 Å². The highest BCUT2D eigenvalue weighted by molar-refractivity contribution is 7.99. The van der Waals surface area contributed by atoms with Gasteiger partial charge in [-0.05, 0) is 18.6 Å². The van der Waals surface area contributed by atoms with Gasteiger partial charge in [0.25, 0.3) is 0 Å². The summed E-state index contributed by atoms with van der Waals surface area (Å²) in [5, 5.41) is 31.1. The van der Waals surface area contributed by atoms with E-state index >= 15 is 0 Å². The number of nitrogen functional groups attached to an aromatic ring is 1. The molecular weight excluding hydrogens is 448 g/mol. The lowest BCUT2D eigenvalue weighted by molar-refractivity contribution is -0.0531. The van der Waals surface area contributed by atoms with Crippen LogP contribution in [0.2, 0.25) is 0 Å². The Morgan fingerprint density at radius 1 is 1.26 bits per heavy atom. The van der Waals surface area contributed by atoms with Gasteiger partial charge in [0.05, 0.1) is 12.0 Å². The molecule has 0 unspecified atom stereocenters. The molecule has 2 aromatic heterocycles. The van der Waals surface area contributed by atoms with Gasteiger partial charge in [-0.1, -0.05) is 30.0 Å². The van der Waals surface area contributed by atoms with Crippen LogP contribution in [0.3, 0.4) is 0 Å². The Morgan fingerprint density at radius 2 is 2.00 bits per heavy atom. The Kier molecular flexibility index (Phi) is 5.87. The average molecular weight is 469 g/mol. The first kappa shape index (κ1) is 21.9. The fraction of sp³-hybridized carbons (Fsp3) is 0.353. The molecule has 1 aliphatic heterocycles. The third-order valence-electron chi connectivity index (χ3n) is 4.76. The SMILES string of the molecule is Cc1ccccc1Sc1nn([C@@H]2O[C@H](COS(N)(=O)=O)[C@@H](O)[C@H]2O)c2ncnc(N)c12. The van der Waals surface area contributed by atoms with Crippen molar-refractivity contribution < 1.29 is 27.6 Å². The molecule has 4 rings (SSSR count). The summed E-state index contributed by atoms with van der Waals surface area (Å²) in [6.07, 6.45) is -3.98. The van der Waals surface area contributed by atoms with Gasteiger partial charge in [-0.25, -0.2) is 19.8 Å². The maximum absolute atomic E-state index is 11.0. The standard InChI is InChI=1S/C17H20N6O6S2/c1-8-4-2-3-5-10(8)30-16-11-14(18)20-7-21-15(11)23(22-16)17-13(25)12(24)9(29-17)6-28-31(19,26)27/h2-5,7,9,12-13,17,24-25H,6H2,1H3,(H2,18,20,21)(H2,19,26,27)/t9-,12-,13-,17-/m1/s1. The molecule has 0 aliphatic carbocycles. The van der Waals surface area contributed by atoms with Crippen molar-refractivity contribution in [2.45, 2.75) is 41.4 Å². The average Bonchev–Trinajstić information content (AvgIpc) is 3.20. The Bertz CT molecular complexity index is 1220. The summed E-state index contributed by atoms with van der Waals surface area (Å²) in [6.45, 7) is 1.38. The van der Waals surface area contributed by atoms with Crippen molar-refractivity contribution >= 4 is 38.9 Å². The molecule has 0 bridgehead atoms. The zero-order valence-corrected chi connectivity index (χ0v) is 17.8. The number of aliphatic hydroxyl groups is 2. The summed E-state index contributed by atoms with van der Waals surface area (Å²) in [5.41, 5.74) is 7.39. The lowest BCUT2D eigenvalue weighted by Crippen LogP contribution is -2.35. The van der Waals surface area contributed by atoms with E-state index in [-0.39, 0.29) is 11.5 Å². The number of fused-ring (bicyclic) bond motifs is 1. The molecule has 12 nitrogen and oxygen atoms in total. The number of aliphatic hydroxyl groups excluding tert-OH is 2. The van der Waals surface area contributed by atoms with Crippen molar-refractivity contribution in [2.24, 2.45) is 5.14 Å². The van der Waals surface area contributed by atoms with E-state index in [2.05, 4.69) is 19.2 Å². The van der Waals surface area contributed by atoms with Gasteiger partial charge in [-0.15, -0.1) is 0 Å². The molecule has 0 radical (unpaired) electrons. The second kappa shape index (κ2) is 8.31. The summed E-state index contributed by atoms with van der Waals surface area (Å²) in [7, 11) is -4.25. The number of benzene rings is 1. The first-order valence-electron chi connectivity index (χ1n) is 9.06. The zero-order chi connectivity index (χ0) is 22.3. The Labute approximate surface area is 181 Å². The highest BCUT2D eigenvalue weighted by atomic mass is 32.2. The number of rotatable bonds is 6. The van der Waals surface area contributed by atoms with Crippen molar-refractivity contribution in [1.82, 2.24) is 19.7 Å². The van der Waals surface area contributed by atoms with Crippen molar-refractivity contribution in [1.29, 1.82) is 0 Å². The van der Waals surface area contributed by atoms with Gasteiger partial charge in [-0.3, -0.25) is 4.18 Å². The molecule has 1 aliphatic rings. The molecule has 14 heteroatoms. The molecule has 166 valence electrons. The fourth-order valence-electron chi connectivity index (χ4n) is 3.22. The van der Waals surface area contributed by atoms with Crippen molar-refractivity contribution in [3.8, 4) is 0 Å². The highest BCUT2D eigenvalue weighted by Crippen LogP contribution is 2.39. The fourth-order valence-corrected chi connectivity index (χ4v) is 4.55. The van der Waals surface area contributed by atoms with Crippen LogP contribution in [0.15, 0.2) is 40.5 Å². The summed E-state index contributed by atoms with van der Waals surface area (Å²) >= 11 is 1.34. The smallest absolute Gasteiger partial charge is 0.333 e. The number of aryl methyl sites for hydroxylation is 1. The summed E-state index contributed by atoms with van der Waals surface area (Å²) in [5.74, 6) is 0.189. The molecule has 1 fully saturated rings. The third-order valence-corrected chi connectivity index (χ3v) is 6.38. The van der Waals surface area contributed by atoms with E-state index in [1.165, 1.54) is 22.8 Å². The van der Waals surface area contributed by atoms with Gasteiger partial charge in [0.15, 0.2) is 11.9 Å². The normalized spacial score (nSPS) is 24.1. The first-order chi connectivity index (χ1) is 14.7. The molecular formula is C17H20N6O6S2. The maximum Gasteiger partial charge on any atom is 0.333 e. The molecule has 4 atom stereocenters. The van der Waals surface area contributed by atoms with E-state index in [1.54, 1.807) is 0 Å². The van der Waals surface area contributed by atoms with Crippen LogP contribution < -0.4 is 10.9 Å². The molecule has 0 spiro atoms. The van der Waals surface area contributed by atoms with Crippen LogP contribution in [0.4, 0.5) is 5.82 Å². The number of hydrogen-bond donors (Lipinski definition) is 4. The van der Waals surface area contributed by atoms with E-state index in [9.17, 15) is 18.6 Å². The Balaban J connectivity index is 1.71. The predicted octanol–water partition coefficient (Wildman–Crippen LogP) is -0.293. The Morgan fingerprint density at radius 3 is 2.71 bits per heavy atom. The van der Waals surface area contributed by atoms with Crippen molar-refractivity contribution in [3.63, 3.8) is 0 Å². The Hall–Kier alpha value is -2.33. The monoisotopic (exact) mass is 468 g/mol. The van der Waals surface area contributed by atoms with E-state index in [0.717, 1.165) is 10.5 Å². The number of ether oxygens (including phenoxy) is 1. The van der Waals surface area contributed by atoms with Gasteiger partial charge in [0.2, 0.25) is 0 Å². The molecule has 0 amide bonds. The maximum atomic E-state index is 11.0. The van der Waals surface area contributed by atoms with Crippen LogP contribution in [-0.2, 0) is 19.2 Å². The van der Waals surface area contributed by atoms with Gasteiger partial charge in [0.1, 0.15) is 35.5 Å². The molecule has 3 aromatic rings. The largest absolute Gasteiger partial charge is 0.387 e. The van der Waals surface area contributed by atoms with Crippen LogP contribution in [0.25, 0.3) is 11.0 Å². The number of aromatic nitrogens is 4. The lowest BCUT2D eigenvalue weighted by Gasteiger charge is -2.15. The van der Waals surface area contributed by atoms with E-state index in [0.29, 0.717) is 10.4 Å². The topological polar surface area (TPSA) is 189 Å². The minimum absolute atomic E-state index is 0.189. The van der Waals surface area contributed by atoms with Gasteiger partial charge in [0, 0.05) is 4.90 Å². The van der Waals surface area contributed by atoms with E-state index in [1.807, 2.05) is 31.2 Å². The number of nitrogens with two attached hydrogens (primary N) is 2. The van der Waals surface area contributed by atoms with Crippen LogP contribution in [0.5, 0.6) is 0 Å². The number of hydrogen-bond acceptors (Lipinski definition) is 11. The highest BCUT2D eigenvalue weighted by Gasteiger charge is 2.45. The van der Waals surface area contributed by atoms with Gasteiger partial charge >= 0.3 is 10.3 Å². The van der Waals surface area contributed by atoms with E-state index < -0.39 is 41.5 Å². The molecule has 31 heavy (non-hydrogen) atoms. The minimum atomic E-state index is -4.25. The van der Waals surface area contributed by atoms with Gasteiger partial charge < -0.3 is 20.7 Å². The van der Waals surface area contributed by atoms with Crippen molar-refractivity contribution in [3.05, 3.63) is 36.2 Å². The molecule has 6 N–H and O–H groups in total. The summed E-state index contributed by atoms with van der Waals surface area (Å²) < 4.78 is 33.5. The zero-order valence-electron chi connectivity index (χ0n) is 16.2. The van der Waals surface area contributed by atoms with E-state index in [4.69, 9.17) is 15.6 Å². The molecule has 3 heterocycles. The molecule has 1 saturated heterocycles. The van der Waals surface area contributed by atoms with Gasteiger partial charge in [-0.2, -0.15) is 13.5 Å². The summed E-state index contributed by atoms with van der Waals surface area (Å²) in [6, 6.07) is 7.69. The van der Waals surface area contributed by atoms with Crippen LogP contribution in [-0.4, -0.2) is 63.3 Å². The quantitative estimate of drug-likeness (QED) is 0.372. The molecule has 0 saturated carbocycles. The summed E-state index contributed by atoms with van der Waals surface area (Å²) in [4.78, 5) is 9.18. The lowest BCUT2D eigenvalue weighted by atomic mass is 10.1. The predicted molar refractivity (Wildman–Crippen MR) is 110 cm³/mol. The molecule has 1 aromatic carbocycles. The second-order valence-electron chi connectivity index (χ2n) is 6.90. The first-order valence-corrected chi connectivity index (χ1v) is 11.4. The van der Waals surface area contributed by atoms with Crippen LogP contribution in [0, 0.1) is 6.92 Å². The minimum Gasteiger partial charge on any atom is -0.387 e. The number of anilines is 1. The van der Waals surface area contributed by atoms with Crippen LogP contribution >= 0.6 is 11.8 Å².